The summed E-state index contributed by atoms with van der Waals surface area (Å²) >= 11 is 5.89. The van der Waals surface area contributed by atoms with Crippen LogP contribution in [0, 0.1) is 6.92 Å². The first-order chi connectivity index (χ1) is 11.8. The highest BCUT2D eigenvalue weighted by Gasteiger charge is 2.08. The molecule has 0 atom stereocenters. The van der Waals surface area contributed by atoms with E-state index in [0.29, 0.717) is 30.2 Å². The number of ether oxygens (including phenoxy) is 1. The minimum atomic E-state index is -3.24. The van der Waals surface area contributed by atoms with Crippen LogP contribution in [-0.2, 0) is 14.6 Å². The Balaban J connectivity index is 1.77. The SMILES string of the molecule is Cc1cc(Cl)ccc1OCCCC(=O)Nc1ccc(S(C)(=O)=O)cc1. The number of halogens is 1. The van der Waals surface area contributed by atoms with Crippen molar-refractivity contribution in [2.24, 2.45) is 0 Å². The van der Waals surface area contributed by atoms with Crippen LogP contribution in [0.25, 0.3) is 0 Å². The monoisotopic (exact) mass is 381 g/mol. The van der Waals surface area contributed by atoms with Crippen LogP contribution in [0.3, 0.4) is 0 Å². The van der Waals surface area contributed by atoms with Crippen molar-refractivity contribution in [1.82, 2.24) is 0 Å². The standard InChI is InChI=1S/C18H20ClNO4S/c1-13-12-14(19)5-10-17(13)24-11-3-4-18(21)20-15-6-8-16(9-7-15)25(2,22)23/h5-10,12H,3-4,11H2,1-2H3,(H,20,21). The van der Waals surface area contributed by atoms with E-state index in [0.717, 1.165) is 17.6 Å². The smallest absolute Gasteiger partial charge is 0.224 e. The highest BCUT2D eigenvalue weighted by Crippen LogP contribution is 2.22. The van der Waals surface area contributed by atoms with Crippen molar-refractivity contribution in [2.45, 2.75) is 24.7 Å². The molecular formula is C18H20ClNO4S. The Morgan fingerprint density at radius 2 is 1.84 bits per heavy atom. The second-order valence-electron chi connectivity index (χ2n) is 5.71. The molecule has 2 aromatic rings. The number of hydrogen-bond donors (Lipinski definition) is 1. The van der Waals surface area contributed by atoms with Crippen LogP contribution in [0.15, 0.2) is 47.4 Å². The third kappa shape index (κ3) is 6.07. The lowest BCUT2D eigenvalue weighted by Crippen LogP contribution is -2.13. The number of amides is 1. The van der Waals surface area contributed by atoms with Gasteiger partial charge < -0.3 is 10.1 Å². The van der Waals surface area contributed by atoms with Crippen LogP contribution in [0.4, 0.5) is 5.69 Å². The Kier molecular flexibility index (Phi) is 6.45. The largest absolute Gasteiger partial charge is 0.493 e. The highest BCUT2D eigenvalue weighted by atomic mass is 35.5. The number of benzene rings is 2. The van der Waals surface area contributed by atoms with Crippen LogP contribution in [-0.4, -0.2) is 27.2 Å². The first-order valence-electron chi connectivity index (χ1n) is 7.74. The van der Waals surface area contributed by atoms with Gasteiger partial charge in [0.1, 0.15) is 5.75 Å². The Morgan fingerprint density at radius 3 is 2.44 bits per heavy atom. The maximum Gasteiger partial charge on any atom is 0.224 e. The molecule has 0 radical (unpaired) electrons. The van der Waals surface area contributed by atoms with E-state index in [4.69, 9.17) is 16.3 Å². The van der Waals surface area contributed by atoms with Gasteiger partial charge in [-0.15, -0.1) is 0 Å². The molecule has 0 bridgehead atoms. The number of nitrogens with one attached hydrogen (secondary N) is 1. The van der Waals surface area contributed by atoms with Gasteiger partial charge in [-0.3, -0.25) is 4.79 Å². The van der Waals surface area contributed by atoms with Crippen molar-refractivity contribution in [2.75, 3.05) is 18.2 Å². The number of anilines is 1. The number of hydrogen-bond acceptors (Lipinski definition) is 4. The molecule has 0 aliphatic rings. The van der Waals surface area contributed by atoms with Gasteiger partial charge in [0.25, 0.3) is 0 Å². The number of rotatable bonds is 7. The van der Waals surface area contributed by atoms with E-state index < -0.39 is 9.84 Å². The summed E-state index contributed by atoms with van der Waals surface area (Å²) in [6.07, 6.45) is 2.01. The first kappa shape index (κ1) is 19.3. The molecule has 0 heterocycles. The summed E-state index contributed by atoms with van der Waals surface area (Å²) in [5.41, 5.74) is 1.51. The molecule has 5 nitrogen and oxygen atoms in total. The summed E-state index contributed by atoms with van der Waals surface area (Å²) in [6.45, 7) is 2.33. The summed E-state index contributed by atoms with van der Waals surface area (Å²) in [6, 6.07) is 11.5. The molecule has 7 heteroatoms. The van der Waals surface area contributed by atoms with Crippen LogP contribution < -0.4 is 10.1 Å². The minimum absolute atomic E-state index is 0.150. The first-order valence-corrected chi connectivity index (χ1v) is 10.0. The molecule has 25 heavy (non-hydrogen) atoms. The van der Waals surface area contributed by atoms with E-state index in [2.05, 4.69) is 5.32 Å². The summed E-state index contributed by atoms with van der Waals surface area (Å²) in [7, 11) is -3.24. The van der Waals surface area contributed by atoms with E-state index in [9.17, 15) is 13.2 Å². The quantitative estimate of drug-likeness (QED) is 0.739. The van der Waals surface area contributed by atoms with Crippen LogP contribution >= 0.6 is 11.6 Å². The molecule has 0 aliphatic heterocycles. The summed E-state index contributed by atoms with van der Waals surface area (Å²) < 4.78 is 28.4. The lowest BCUT2D eigenvalue weighted by atomic mass is 10.2. The Bertz CT molecular complexity index is 848. The fourth-order valence-corrected chi connectivity index (χ4v) is 3.06. The van der Waals surface area contributed by atoms with Gasteiger partial charge in [0.05, 0.1) is 11.5 Å². The number of aryl methyl sites for hydroxylation is 1. The molecule has 1 amide bonds. The second-order valence-corrected chi connectivity index (χ2v) is 8.16. The third-order valence-electron chi connectivity index (χ3n) is 3.51. The number of carbonyl (C=O) groups is 1. The van der Waals surface area contributed by atoms with Gasteiger partial charge in [0, 0.05) is 23.4 Å². The lowest BCUT2D eigenvalue weighted by Gasteiger charge is -2.09. The Morgan fingerprint density at radius 1 is 1.16 bits per heavy atom. The lowest BCUT2D eigenvalue weighted by molar-refractivity contribution is -0.116. The maximum absolute atomic E-state index is 11.9. The molecular weight excluding hydrogens is 362 g/mol. The van der Waals surface area contributed by atoms with Gasteiger partial charge in [0.15, 0.2) is 9.84 Å². The number of sulfone groups is 1. The minimum Gasteiger partial charge on any atom is -0.493 e. The summed E-state index contributed by atoms with van der Waals surface area (Å²) in [4.78, 5) is 12.1. The molecule has 0 spiro atoms. The van der Waals surface area contributed by atoms with Gasteiger partial charge in [0.2, 0.25) is 5.91 Å². The van der Waals surface area contributed by atoms with Crippen molar-refractivity contribution in [3.05, 3.63) is 53.1 Å². The zero-order valence-corrected chi connectivity index (χ0v) is 15.7. The third-order valence-corrected chi connectivity index (χ3v) is 4.87. The molecule has 0 saturated carbocycles. The van der Waals surface area contributed by atoms with E-state index in [1.165, 1.54) is 12.1 Å². The highest BCUT2D eigenvalue weighted by molar-refractivity contribution is 7.90. The van der Waals surface area contributed by atoms with Crippen molar-refractivity contribution in [3.63, 3.8) is 0 Å². The fraction of sp³-hybridized carbons (Fsp3) is 0.278. The fourth-order valence-electron chi connectivity index (χ4n) is 2.20. The normalized spacial score (nSPS) is 11.2. The zero-order valence-electron chi connectivity index (χ0n) is 14.1. The molecule has 0 saturated heterocycles. The van der Waals surface area contributed by atoms with E-state index in [1.54, 1.807) is 24.3 Å². The average molecular weight is 382 g/mol. The van der Waals surface area contributed by atoms with Gasteiger partial charge >= 0.3 is 0 Å². The molecule has 0 unspecified atom stereocenters. The topological polar surface area (TPSA) is 72.5 Å². The van der Waals surface area contributed by atoms with Gasteiger partial charge in [-0.1, -0.05) is 11.6 Å². The van der Waals surface area contributed by atoms with Crippen molar-refractivity contribution < 1.29 is 17.9 Å². The Hall–Kier alpha value is -2.05. The Labute approximate surface area is 152 Å². The predicted molar refractivity (Wildman–Crippen MR) is 99.1 cm³/mol. The van der Waals surface area contributed by atoms with Crippen LogP contribution in [0.5, 0.6) is 5.75 Å². The molecule has 0 aromatic heterocycles. The van der Waals surface area contributed by atoms with E-state index >= 15 is 0 Å². The van der Waals surface area contributed by atoms with Gasteiger partial charge in [-0.25, -0.2) is 8.42 Å². The second kappa shape index (κ2) is 8.36. The van der Waals surface area contributed by atoms with Crippen LogP contribution in [0.2, 0.25) is 5.02 Å². The van der Waals surface area contributed by atoms with Crippen molar-refractivity contribution in [1.29, 1.82) is 0 Å². The molecule has 2 aromatic carbocycles. The molecule has 0 fully saturated rings. The molecule has 0 aliphatic carbocycles. The predicted octanol–water partition coefficient (Wildman–Crippen LogP) is 3.85. The number of carbonyl (C=O) groups excluding carboxylic acids is 1. The van der Waals surface area contributed by atoms with Gasteiger partial charge in [-0.05, 0) is 61.4 Å². The summed E-state index contributed by atoms with van der Waals surface area (Å²) in [5, 5.41) is 3.39. The zero-order chi connectivity index (χ0) is 18.4. The van der Waals surface area contributed by atoms with Crippen molar-refractivity contribution in [3.8, 4) is 5.75 Å². The molecule has 2 rings (SSSR count). The van der Waals surface area contributed by atoms with Crippen LogP contribution in [0.1, 0.15) is 18.4 Å². The van der Waals surface area contributed by atoms with Gasteiger partial charge in [-0.2, -0.15) is 0 Å². The van der Waals surface area contributed by atoms with E-state index in [-0.39, 0.29) is 10.8 Å². The van der Waals surface area contributed by atoms with Crippen molar-refractivity contribution >= 4 is 33.0 Å². The summed E-state index contributed by atoms with van der Waals surface area (Å²) in [5.74, 6) is 0.602. The molecule has 134 valence electrons. The van der Waals surface area contributed by atoms with E-state index in [1.807, 2.05) is 13.0 Å². The maximum atomic E-state index is 11.9. The molecule has 1 N–H and O–H groups in total. The average Bonchev–Trinajstić information content (AvgIpc) is 2.53.